The minimum atomic E-state index is -0.401. The maximum Gasteiger partial charge on any atom is 0.255 e. The highest BCUT2D eigenvalue weighted by molar-refractivity contribution is 5.95. The first-order valence-electron chi connectivity index (χ1n) is 10.7. The van der Waals surface area contributed by atoms with Crippen LogP contribution in [0.5, 0.6) is 0 Å². The Bertz CT molecular complexity index is 1100. The topological polar surface area (TPSA) is 53.4 Å². The van der Waals surface area contributed by atoms with Crippen LogP contribution in [-0.4, -0.2) is 53.8 Å². The van der Waals surface area contributed by atoms with Gasteiger partial charge in [-0.2, -0.15) is 5.10 Å². The average Bonchev–Trinajstić information content (AvgIpc) is 3.16. The van der Waals surface area contributed by atoms with Gasteiger partial charge in [-0.15, -0.1) is 0 Å². The summed E-state index contributed by atoms with van der Waals surface area (Å²) < 4.78 is 28.9. The SMILES string of the molecule is Cc1c(C(=O)NC(C)c2cc(F)ccc2N2CCN(C)CC2)cnn1-c1ccc(F)cc1. The van der Waals surface area contributed by atoms with Crippen molar-refractivity contribution in [2.24, 2.45) is 0 Å². The van der Waals surface area contributed by atoms with Crippen molar-refractivity contribution in [3.63, 3.8) is 0 Å². The summed E-state index contributed by atoms with van der Waals surface area (Å²) in [6.07, 6.45) is 1.49. The lowest BCUT2D eigenvalue weighted by molar-refractivity contribution is 0.0939. The number of aromatic nitrogens is 2. The highest BCUT2D eigenvalue weighted by atomic mass is 19.1. The number of halogens is 2. The largest absolute Gasteiger partial charge is 0.369 e. The number of carbonyl (C=O) groups is 1. The smallest absolute Gasteiger partial charge is 0.255 e. The fourth-order valence-corrected chi connectivity index (χ4v) is 4.03. The van der Waals surface area contributed by atoms with Crippen molar-refractivity contribution in [1.82, 2.24) is 20.0 Å². The van der Waals surface area contributed by atoms with Crippen molar-refractivity contribution >= 4 is 11.6 Å². The second-order valence-corrected chi connectivity index (χ2v) is 8.22. The molecule has 0 bridgehead atoms. The molecule has 1 aliphatic heterocycles. The van der Waals surface area contributed by atoms with Crippen molar-refractivity contribution in [3.05, 3.63) is 77.1 Å². The van der Waals surface area contributed by atoms with E-state index in [4.69, 9.17) is 0 Å². The number of nitrogens with one attached hydrogen (secondary N) is 1. The molecule has 6 nitrogen and oxygen atoms in total. The zero-order chi connectivity index (χ0) is 22.8. The fourth-order valence-electron chi connectivity index (χ4n) is 4.03. The van der Waals surface area contributed by atoms with E-state index >= 15 is 0 Å². The van der Waals surface area contributed by atoms with E-state index in [1.54, 1.807) is 29.8 Å². The molecule has 0 spiro atoms. The maximum absolute atomic E-state index is 14.1. The monoisotopic (exact) mass is 439 g/mol. The third kappa shape index (κ3) is 4.50. The summed E-state index contributed by atoms with van der Waals surface area (Å²) in [6.45, 7) is 7.19. The summed E-state index contributed by atoms with van der Waals surface area (Å²) in [5.41, 5.74) is 3.40. The van der Waals surface area contributed by atoms with Gasteiger partial charge in [0.25, 0.3) is 5.91 Å². The lowest BCUT2D eigenvalue weighted by Gasteiger charge is -2.36. The summed E-state index contributed by atoms with van der Waals surface area (Å²) in [7, 11) is 2.08. The third-order valence-corrected chi connectivity index (χ3v) is 5.97. The Morgan fingerprint density at radius 2 is 1.69 bits per heavy atom. The van der Waals surface area contributed by atoms with E-state index in [2.05, 4.69) is 27.3 Å². The molecule has 1 unspecified atom stereocenters. The summed E-state index contributed by atoms with van der Waals surface area (Å²) in [4.78, 5) is 17.5. The molecule has 0 aliphatic carbocycles. The highest BCUT2D eigenvalue weighted by Crippen LogP contribution is 2.29. The van der Waals surface area contributed by atoms with Crippen LogP contribution >= 0.6 is 0 Å². The molecular formula is C24H27F2N5O. The lowest BCUT2D eigenvalue weighted by atomic mass is 10.0. The van der Waals surface area contributed by atoms with Gasteiger partial charge in [-0.05, 0) is 63.4 Å². The molecule has 3 aromatic rings. The van der Waals surface area contributed by atoms with Gasteiger partial charge < -0.3 is 15.1 Å². The molecule has 1 aromatic heterocycles. The van der Waals surface area contributed by atoms with E-state index in [0.29, 0.717) is 16.9 Å². The van der Waals surface area contributed by atoms with Crippen LogP contribution in [0.15, 0.2) is 48.7 Å². The average molecular weight is 440 g/mol. The van der Waals surface area contributed by atoms with Crippen LogP contribution in [-0.2, 0) is 0 Å². The summed E-state index contributed by atoms with van der Waals surface area (Å²) in [5.74, 6) is -0.965. The predicted molar refractivity (Wildman–Crippen MR) is 120 cm³/mol. The Kier molecular flexibility index (Phi) is 6.23. The van der Waals surface area contributed by atoms with Crippen LogP contribution in [0.2, 0.25) is 0 Å². The fraction of sp³-hybridized carbons (Fsp3) is 0.333. The zero-order valence-corrected chi connectivity index (χ0v) is 18.5. The van der Waals surface area contributed by atoms with Crippen molar-refractivity contribution in [1.29, 1.82) is 0 Å². The molecule has 2 aromatic carbocycles. The van der Waals surface area contributed by atoms with Gasteiger partial charge in [0.15, 0.2) is 0 Å². The number of benzene rings is 2. The number of carbonyl (C=O) groups excluding carboxylic acids is 1. The second kappa shape index (κ2) is 9.08. The number of hydrogen-bond donors (Lipinski definition) is 1. The molecular weight excluding hydrogens is 412 g/mol. The minimum Gasteiger partial charge on any atom is -0.369 e. The Morgan fingerprint density at radius 1 is 1.03 bits per heavy atom. The number of amides is 1. The van der Waals surface area contributed by atoms with Crippen molar-refractivity contribution in [2.45, 2.75) is 19.9 Å². The quantitative estimate of drug-likeness (QED) is 0.659. The van der Waals surface area contributed by atoms with Crippen molar-refractivity contribution in [2.75, 3.05) is 38.1 Å². The van der Waals surface area contributed by atoms with Gasteiger partial charge in [0.2, 0.25) is 0 Å². The number of nitrogens with zero attached hydrogens (tertiary/aromatic N) is 4. The van der Waals surface area contributed by atoms with Gasteiger partial charge in [0.05, 0.1) is 29.2 Å². The Labute approximate surface area is 186 Å². The normalized spacial score (nSPS) is 15.6. The van der Waals surface area contributed by atoms with E-state index in [-0.39, 0.29) is 17.5 Å². The van der Waals surface area contributed by atoms with E-state index in [9.17, 15) is 13.6 Å². The second-order valence-electron chi connectivity index (χ2n) is 8.22. The summed E-state index contributed by atoms with van der Waals surface area (Å²) >= 11 is 0. The molecule has 4 rings (SSSR count). The first kappa shape index (κ1) is 22.0. The zero-order valence-electron chi connectivity index (χ0n) is 18.5. The molecule has 8 heteroatoms. The number of piperazine rings is 1. The maximum atomic E-state index is 14.1. The number of rotatable bonds is 5. The molecule has 0 radical (unpaired) electrons. The Hall–Kier alpha value is -3.26. The van der Waals surface area contributed by atoms with E-state index in [0.717, 1.165) is 37.4 Å². The minimum absolute atomic E-state index is 0.294. The molecule has 1 atom stereocenters. The van der Waals surface area contributed by atoms with Crippen LogP contribution in [0.4, 0.5) is 14.5 Å². The lowest BCUT2D eigenvalue weighted by Crippen LogP contribution is -2.45. The molecule has 2 heterocycles. The molecule has 1 fully saturated rings. The van der Waals surface area contributed by atoms with Crippen LogP contribution in [0.3, 0.4) is 0 Å². The van der Waals surface area contributed by atoms with E-state index in [1.165, 1.54) is 30.5 Å². The summed E-state index contributed by atoms with van der Waals surface area (Å²) in [6, 6.07) is 10.3. The molecule has 1 saturated heterocycles. The van der Waals surface area contributed by atoms with Gasteiger partial charge in [0.1, 0.15) is 11.6 Å². The van der Waals surface area contributed by atoms with E-state index in [1.807, 2.05) is 6.92 Å². The van der Waals surface area contributed by atoms with Gasteiger partial charge in [0, 0.05) is 37.4 Å². The predicted octanol–water partition coefficient (Wildman–Crippen LogP) is 3.70. The first-order chi connectivity index (χ1) is 15.3. The van der Waals surface area contributed by atoms with Gasteiger partial charge in [-0.25, -0.2) is 13.5 Å². The van der Waals surface area contributed by atoms with Gasteiger partial charge in [-0.3, -0.25) is 4.79 Å². The Balaban J connectivity index is 1.55. The van der Waals surface area contributed by atoms with E-state index < -0.39 is 6.04 Å². The Morgan fingerprint density at radius 3 is 2.38 bits per heavy atom. The van der Waals surface area contributed by atoms with Crippen LogP contribution in [0, 0.1) is 18.6 Å². The number of likely N-dealkylation sites (N-methyl/N-ethyl adjacent to an activating group) is 1. The summed E-state index contributed by atoms with van der Waals surface area (Å²) in [5, 5.41) is 7.28. The van der Waals surface area contributed by atoms with Gasteiger partial charge >= 0.3 is 0 Å². The molecule has 168 valence electrons. The number of anilines is 1. The molecule has 1 aliphatic rings. The van der Waals surface area contributed by atoms with Crippen molar-refractivity contribution in [3.8, 4) is 5.69 Å². The van der Waals surface area contributed by atoms with Crippen molar-refractivity contribution < 1.29 is 13.6 Å². The van der Waals surface area contributed by atoms with Crippen LogP contribution in [0.25, 0.3) is 5.69 Å². The molecule has 32 heavy (non-hydrogen) atoms. The van der Waals surface area contributed by atoms with Crippen LogP contribution in [0.1, 0.15) is 34.6 Å². The molecule has 0 saturated carbocycles. The number of hydrogen-bond acceptors (Lipinski definition) is 4. The first-order valence-corrected chi connectivity index (χ1v) is 10.7. The molecule has 1 N–H and O–H groups in total. The standard InChI is InChI=1S/C24H27F2N5O/c1-16(21-14-19(26)6-9-23(21)30-12-10-29(3)11-13-30)28-24(32)22-15-27-31(17(22)2)20-7-4-18(25)5-8-20/h4-9,14-16H,10-13H2,1-3H3,(H,28,32). The molecule has 1 amide bonds. The third-order valence-electron chi connectivity index (χ3n) is 5.97. The highest BCUT2D eigenvalue weighted by Gasteiger charge is 2.23. The van der Waals surface area contributed by atoms with Gasteiger partial charge in [-0.1, -0.05) is 0 Å². The van der Waals surface area contributed by atoms with Crippen LogP contribution < -0.4 is 10.2 Å².